The maximum absolute atomic E-state index is 12.6. The zero-order chi connectivity index (χ0) is 18.1. The van der Waals surface area contributed by atoms with Gasteiger partial charge in [0.05, 0.1) is 7.11 Å². The molecule has 0 aliphatic heterocycles. The molecular formula is C15H19N3O5S. The maximum Gasteiger partial charge on any atom is 0.330 e. The molecule has 24 heavy (non-hydrogen) atoms. The predicted molar refractivity (Wildman–Crippen MR) is 88.7 cm³/mol. The van der Waals surface area contributed by atoms with Crippen molar-refractivity contribution in [3.05, 3.63) is 56.4 Å². The third kappa shape index (κ3) is 3.13. The lowest BCUT2D eigenvalue weighted by Crippen LogP contribution is -2.43. The SMILES string of the molecule is COc1ccccc1CNS(=O)(=O)c1c(C)n(C)c(=O)n(C)c1=O. The third-order valence-corrected chi connectivity index (χ3v) is 5.35. The predicted octanol–water partition coefficient (Wildman–Crippen LogP) is -0.120. The Morgan fingerprint density at radius 1 is 1.12 bits per heavy atom. The molecule has 0 spiro atoms. The zero-order valence-electron chi connectivity index (χ0n) is 13.9. The van der Waals surface area contributed by atoms with Gasteiger partial charge in [0.15, 0.2) is 4.90 Å². The van der Waals surface area contributed by atoms with Crippen LogP contribution in [0.2, 0.25) is 0 Å². The number of hydrogen-bond donors (Lipinski definition) is 1. The Balaban J connectivity index is 2.46. The first-order valence-corrected chi connectivity index (χ1v) is 8.57. The summed E-state index contributed by atoms with van der Waals surface area (Å²) in [5.41, 5.74) is -0.734. The maximum atomic E-state index is 12.6. The molecule has 0 saturated carbocycles. The van der Waals surface area contributed by atoms with Crippen molar-refractivity contribution in [2.24, 2.45) is 14.1 Å². The van der Waals surface area contributed by atoms with Crippen LogP contribution in [0.25, 0.3) is 0 Å². The third-order valence-electron chi connectivity index (χ3n) is 3.82. The number of nitrogens with one attached hydrogen (secondary N) is 1. The number of rotatable bonds is 5. The van der Waals surface area contributed by atoms with Crippen LogP contribution in [0.5, 0.6) is 5.75 Å². The van der Waals surface area contributed by atoms with Crippen molar-refractivity contribution in [3.63, 3.8) is 0 Å². The largest absolute Gasteiger partial charge is 0.496 e. The van der Waals surface area contributed by atoms with E-state index >= 15 is 0 Å². The quantitative estimate of drug-likeness (QED) is 0.808. The first kappa shape index (κ1) is 18.0. The van der Waals surface area contributed by atoms with E-state index in [4.69, 9.17) is 4.74 Å². The summed E-state index contributed by atoms with van der Waals surface area (Å²) in [7, 11) is 0.0336. The van der Waals surface area contributed by atoms with Gasteiger partial charge in [0, 0.05) is 31.9 Å². The molecule has 2 rings (SSSR count). The smallest absolute Gasteiger partial charge is 0.330 e. The van der Waals surface area contributed by atoms with Gasteiger partial charge in [-0.3, -0.25) is 13.9 Å². The molecule has 9 heteroatoms. The number of aromatic nitrogens is 2. The number of hydrogen-bond acceptors (Lipinski definition) is 5. The topological polar surface area (TPSA) is 99.4 Å². The van der Waals surface area contributed by atoms with Gasteiger partial charge in [0.1, 0.15) is 5.75 Å². The van der Waals surface area contributed by atoms with Crippen molar-refractivity contribution in [1.82, 2.24) is 13.9 Å². The van der Waals surface area contributed by atoms with E-state index in [2.05, 4.69) is 4.72 Å². The normalized spacial score (nSPS) is 11.5. The Kier molecular flexibility index (Phi) is 4.95. The molecule has 130 valence electrons. The summed E-state index contributed by atoms with van der Waals surface area (Å²) in [5.74, 6) is 0.533. The van der Waals surface area contributed by atoms with Crippen molar-refractivity contribution in [3.8, 4) is 5.75 Å². The molecule has 0 radical (unpaired) electrons. The van der Waals surface area contributed by atoms with E-state index in [0.29, 0.717) is 11.3 Å². The Labute approximate surface area is 139 Å². The van der Waals surface area contributed by atoms with Gasteiger partial charge < -0.3 is 4.74 Å². The van der Waals surface area contributed by atoms with Crippen molar-refractivity contribution in [2.75, 3.05) is 7.11 Å². The molecule has 0 atom stereocenters. The molecule has 0 saturated heterocycles. The minimum absolute atomic E-state index is 0.0439. The fraction of sp³-hybridized carbons (Fsp3) is 0.333. The zero-order valence-corrected chi connectivity index (χ0v) is 14.7. The fourth-order valence-electron chi connectivity index (χ4n) is 2.32. The highest BCUT2D eigenvalue weighted by Gasteiger charge is 2.25. The second kappa shape index (κ2) is 6.62. The molecule has 1 aromatic carbocycles. The van der Waals surface area contributed by atoms with Crippen molar-refractivity contribution in [1.29, 1.82) is 0 Å². The van der Waals surface area contributed by atoms with Crippen LogP contribution in [0.15, 0.2) is 38.8 Å². The van der Waals surface area contributed by atoms with Gasteiger partial charge >= 0.3 is 5.69 Å². The highest BCUT2D eigenvalue weighted by molar-refractivity contribution is 7.89. The molecule has 0 unspecified atom stereocenters. The van der Waals surface area contributed by atoms with Gasteiger partial charge in [-0.15, -0.1) is 0 Å². The molecule has 0 aliphatic rings. The Bertz CT molecular complexity index is 989. The van der Waals surface area contributed by atoms with Crippen molar-refractivity contribution >= 4 is 10.0 Å². The molecule has 0 fully saturated rings. The van der Waals surface area contributed by atoms with Gasteiger partial charge in [-0.2, -0.15) is 0 Å². The summed E-state index contributed by atoms with van der Waals surface area (Å²) in [5, 5.41) is 0. The lowest BCUT2D eigenvalue weighted by atomic mass is 10.2. The van der Waals surface area contributed by atoms with Gasteiger partial charge in [0.25, 0.3) is 5.56 Å². The van der Waals surface area contributed by atoms with Gasteiger partial charge in [-0.25, -0.2) is 17.9 Å². The summed E-state index contributed by atoms with van der Waals surface area (Å²) < 4.78 is 34.6. The van der Waals surface area contributed by atoms with Gasteiger partial charge in [0.2, 0.25) is 10.0 Å². The van der Waals surface area contributed by atoms with Crippen molar-refractivity contribution < 1.29 is 13.2 Å². The van der Waals surface area contributed by atoms with E-state index in [1.807, 2.05) is 0 Å². The van der Waals surface area contributed by atoms with Crippen LogP contribution in [0.4, 0.5) is 0 Å². The summed E-state index contributed by atoms with van der Waals surface area (Å²) in [6.45, 7) is 1.37. The van der Waals surface area contributed by atoms with E-state index in [1.165, 1.54) is 28.1 Å². The van der Waals surface area contributed by atoms with E-state index in [-0.39, 0.29) is 12.2 Å². The minimum Gasteiger partial charge on any atom is -0.496 e. The van der Waals surface area contributed by atoms with Crippen LogP contribution in [0.1, 0.15) is 11.3 Å². The van der Waals surface area contributed by atoms with Crippen LogP contribution >= 0.6 is 0 Å². The first-order chi connectivity index (χ1) is 11.2. The van der Waals surface area contributed by atoms with E-state index < -0.39 is 26.2 Å². The Morgan fingerprint density at radius 2 is 1.75 bits per heavy atom. The Hall–Kier alpha value is -2.39. The van der Waals surface area contributed by atoms with E-state index in [0.717, 1.165) is 9.13 Å². The van der Waals surface area contributed by atoms with Crippen LogP contribution in [-0.4, -0.2) is 24.7 Å². The molecular weight excluding hydrogens is 334 g/mol. The molecule has 1 N–H and O–H groups in total. The molecule has 1 heterocycles. The van der Waals surface area contributed by atoms with Crippen LogP contribution in [0, 0.1) is 6.92 Å². The van der Waals surface area contributed by atoms with Crippen LogP contribution in [0.3, 0.4) is 0 Å². The highest BCUT2D eigenvalue weighted by atomic mass is 32.2. The standard InChI is InChI=1S/C15H19N3O5S/c1-10-13(14(19)18(3)15(20)17(10)2)24(21,22)16-9-11-7-5-6-8-12(11)23-4/h5-8,16H,9H2,1-4H3. The van der Waals surface area contributed by atoms with Crippen LogP contribution in [-0.2, 0) is 30.7 Å². The second-order valence-electron chi connectivity index (χ2n) is 5.26. The number of nitrogens with zero attached hydrogens (tertiary/aromatic N) is 2. The second-order valence-corrected chi connectivity index (χ2v) is 6.96. The molecule has 0 amide bonds. The highest BCUT2D eigenvalue weighted by Crippen LogP contribution is 2.18. The van der Waals surface area contributed by atoms with E-state index in [1.54, 1.807) is 24.3 Å². The molecule has 2 aromatic rings. The Morgan fingerprint density at radius 3 is 2.38 bits per heavy atom. The summed E-state index contributed by atoms with van der Waals surface area (Å²) in [6, 6.07) is 6.94. The van der Waals surface area contributed by atoms with Gasteiger partial charge in [-0.05, 0) is 13.0 Å². The molecule has 0 aliphatic carbocycles. The molecule has 1 aromatic heterocycles. The summed E-state index contributed by atoms with van der Waals surface area (Å²) in [6.07, 6.45) is 0. The monoisotopic (exact) mass is 353 g/mol. The summed E-state index contributed by atoms with van der Waals surface area (Å²) in [4.78, 5) is 23.7. The van der Waals surface area contributed by atoms with Crippen molar-refractivity contribution in [2.45, 2.75) is 18.4 Å². The number of ether oxygens (including phenoxy) is 1. The number of sulfonamides is 1. The lowest BCUT2D eigenvalue weighted by Gasteiger charge is -2.14. The summed E-state index contributed by atoms with van der Waals surface area (Å²) >= 11 is 0. The van der Waals surface area contributed by atoms with E-state index in [9.17, 15) is 18.0 Å². The first-order valence-electron chi connectivity index (χ1n) is 7.09. The fourth-order valence-corrected chi connectivity index (χ4v) is 3.70. The number of methoxy groups -OCH3 is 1. The number of benzene rings is 1. The number of para-hydroxylation sites is 1. The molecule has 8 nitrogen and oxygen atoms in total. The van der Waals surface area contributed by atoms with Crippen LogP contribution < -0.4 is 20.7 Å². The average molecular weight is 353 g/mol. The van der Waals surface area contributed by atoms with Gasteiger partial charge in [-0.1, -0.05) is 18.2 Å². The minimum atomic E-state index is -4.11. The molecule has 0 bridgehead atoms. The average Bonchev–Trinajstić information content (AvgIpc) is 2.56. The lowest BCUT2D eigenvalue weighted by molar-refractivity contribution is 0.409.